The first kappa shape index (κ1) is 17.2. The zero-order valence-corrected chi connectivity index (χ0v) is 13.9. The van der Waals surface area contributed by atoms with E-state index in [1.807, 2.05) is 0 Å². The molecule has 3 rings (SSSR count). The van der Waals surface area contributed by atoms with Crippen LogP contribution < -0.4 is 10.2 Å². The molecule has 1 aliphatic rings. The fourth-order valence-electron chi connectivity index (χ4n) is 2.43. The number of aliphatic carboxylic acids is 2. The van der Waals surface area contributed by atoms with Crippen molar-refractivity contribution < 1.29 is 19.8 Å². The van der Waals surface area contributed by atoms with Crippen LogP contribution in [0.4, 0.5) is 5.69 Å². The van der Waals surface area contributed by atoms with E-state index < -0.39 is 11.9 Å². The largest absolute Gasteiger partial charge is 0.473 e. The van der Waals surface area contributed by atoms with Crippen molar-refractivity contribution in [3.63, 3.8) is 0 Å². The molecule has 1 saturated heterocycles. The van der Waals surface area contributed by atoms with Crippen molar-refractivity contribution in [1.82, 2.24) is 5.32 Å². The lowest BCUT2D eigenvalue weighted by Crippen LogP contribution is -2.43. The molecule has 0 spiro atoms. The molecule has 2 aromatic carbocycles. The lowest BCUT2D eigenvalue weighted by Gasteiger charge is -2.30. The maximum atomic E-state index is 9.10. The van der Waals surface area contributed by atoms with Crippen LogP contribution in [0.2, 0.25) is 0 Å². The lowest BCUT2D eigenvalue weighted by atomic mass is 10.1. The molecular formula is C16H17BrN2O4. The number of fused-ring (bicyclic) bond motifs is 1. The Kier molecular flexibility index (Phi) is 5.95. The first-order valence-electron chi connectivity index (χ1n) is 7.10. The molecule has 2 aromatic rings. The fraction of sp³-hybridized carbons (Fsp3) is 0.250. The zero-order chi connectivity index (χ0) is 16.8. The molecule has 122 valence electrons. The molecule has 0 saturated carbocycles. The van der Waals surface area contributed by atoms with Gasteiger partial charge in [0, 0.05) is 41.7 Å². The highest BCUT2D eigenvalue weighted by molar-refractivity contribution is 9.10. The number of halogens is 1. The summed E-state index contributed by atoms with van der Waals surface area (Å²) in [6.07, 6.45) is 0. The van der Waals surface area contributed by atoms with Crippen LogP contribution in [0, 0.1) is 0 Å². The van der Waals surface area contributed by atoms with Gasteiger partial charge in [0.15, 0.2) is 0 Å². The predicted molar refractivity (Wildman–Crippen MR) is 92.0 cm³/mol. The third kappa shape index (κ3) is 4.43. The number of piperazine rings is 1. The molecule has 0 atom stereocenters. The minimum atomic E-state index is -1.82. The number of hydrogen-bond acceptors (Lipinski definition) is 4. The van der Waals surface area contributed by atoms with Gasteiger partial charge in [-0.2, -0.15) is 0 Å². The topological polar surface area (TPSA) is 89.9 Å². The summed E-state index contributed by atoms with van der Waals surface area (Å²) >= 11 is 3.62. The van der Waals surface area contributed by atoms with E-state index in [4.69, 9.17) is 19.8 Å². The highest BCUT2D eigenvalue weighted by Gasteiger charge is 2.13. The van der Waals surface area contributed by atoms with Gasteiger partial charge in [-0.05, 0) is 17.5 Å². The standard InChI is InChI=1S/C14H15BrN2.C2H2O4/c15-13-5-6-14(17-9-7-16-8-10-17)12-4-2-1-3-11(12)13;3-1(4)2(5)6/h1-6,16H,7-10H2;(H,3,4)(H,5,6). The first-order chi connectivity index (χ1) is 11.0. The second-order valence-electron chi connectivity index (χ2n) is 4.96. The van der Waals surface area contributed by atoms with Crippen LogP contribution in [0.25, 0.3) is 10.8 Å². The van der Waals surface area contributed by atoms with E-state index in [0.29, 0.717) is 0 Å². The molecule has 1 fully saturated rings. The quantitative estimate of drug-likeness (QED) is 0.656. The number of anilines is 1. The molecule has 6 nitrogen and oxygen atoms in total. The maximum Gasteiger partial charge on any atom is 0.414 e. The second-order valence-corrected chi connectivity index (χ2v) is 5.81. The van der Waals surface area contributed by atoms with Crippen LogP contribution in [0.15, 0.2) is 40.9 Å². The van der Waals surface area contributed by atoms with Crippen molar-refractivity contribution in [1.29, 1.82) is 0 Å². The molecule has 0 aromatic heterocycles. The fourth-order valence-corrected chi connectivity index (χ4v) is 2.91. The van der Waals surface area contributed by atoms with E-state index in [1.165, 1.54) is 20.9 Å². The SMILES string of the molecule is Brc1ccc(N2CCNCC2)c2ccccc12.O=C(O)C(=O)O. The molecule has 0 radical (unpaired) electrons. The Morgan fingerprint density at radius 2 is 1.52 bits per heavy atom. The minimum absolute atomic E-state index is 1.07. The second kappa shape index (κ2) is 7.94. The molecule has 1 aliphatic heterocycles. The first-order valence-corrected chi connectivity index (χ1v) is 7.89. The Balaban J connectivity index is 0.000000277. The van der Waals surface area contributed by atoms with Gasteiger partial charge >= 0.3 is 11.9 Å². The van der Waals surface area contributed by atoms with Crippen LogP contribution >= 0.6 is 15.9 Å². The van der Waals surface area contributed by atoms with Crippen molar-refractivity contribution in [3.8, 4) is 0 Å². The molecular weight excluding hydrogens is 364 g/mol. The van der Waals surface area contributed by atoms with Crippen LogP contribution in [0.1, 0.15) is 0 Å². The summed E-state index contributed by atoms with van der Waals surface area (Å²) in [7, 11) is 0. The molecule has 0 bridgehead atoms. The Morgan fingerprint density at radius 3 is 2.09 bits per heavy atom. The van der Waals surface area contributed by atoms with Crippen molar-refractivity contribution in [3.05, 3.63) is 40.9 Å². The van der Waals surface area contributed by atoms with Crippen LogP contribution in [0.3, 0.4) is 0 Å². The highest BCUT2D eigenvalue weighted by Crippen LogP contribution is 2.32. The number of carbonyl (C=O) groups is 2. The summed E-state index contributed by atoms with van der Waals surface area (Å²) in [4.78, 5) is 20.7. The van der Waals surface area contributed by atoms with Gasteiger partial charge in [0.25, 0.3) is 0 Å². The van der Waals surface area contributed by atoms with Crippen LogP contribution in [-0.2, 0) is 9.59 Å². The van der Waals surface area contributed by atoms with Crippen LogP contribution in [-0.4, -0.2) is 48.3 Å². The third-order valence-electron chi connectivity index (χ3n) is 3.49. The molecule has 23 heavy (non-hydrogen) atoms. The number of hydrogen-bond donors (Lipinski definition) is 3. The number of carboxylic acids is 2. The molecule has 0 unspecified atom stereocenters. The van der Waals surface area contributed by atoms with Gasteiger partial charge in [0.05, 0.1) is 0 Å². The number of carboxylic acid groups (broad SMARTS) is 2. The van der Waals surface area contributed by atoms with E-state index in [-0.39, 0.29) is 0 Å². The number of nitrogens with zero attached hydrogens (tertiary/aromatic N) is 1. The van der Waals surface area contributed by atoms with E-state index in [1.54, 1.807) is 0 Å². The van der Waals surface area contributed by atoms with Gasteiger partial charge in [-0.25, -0.2) is 9.59 Å². The molecule has 7 heteroatoms. The van der Waals surface area contributed by atoms with Gasteiger partial charge in [0.1, 0.15) is 0 Å². The molecule has 1 heterocycles. The van der Waals surface area contributed by atoms with Gasteiger partial charge < -0.3 is 20.4 Å². The summed E-state index contributed by atoms with van der Waals surface area (Å²) in [5, 5.41) is 20.8. The van der Waals surface area contributed by atoms with E-state index >= 15 is 0 Å². The Labute approximate surface area is 141 Å². The normalized spacial score (nSPS) is 14.0. The van der Waals surface area contributed by atoms with Crippen molar-refractivity contribution >= 4 is 44.3 Å². The summed E-state index contributed by atoms with van der Waals surface area (Å²) < 4.78 is 1.17. The van der Waals surface area contributed by atoms with Crippen molar-refractivity contribution in [2.75, 3.05) is 31.1 Å². The average Bonchev–Trinajstić information content (AvgIpc) is 2.57. The summed E-state index contributed by atoms with van der Waals surface area (Å²) in [5.74, 6) is -3.65. The zero-order valence-electron chi connectivity index (χ0n) is 12.3. The summed E-state index contributed by atoms with van der Waals surface area (Å²) in [5.41, 5.74) is 1.35. The monoisotopic (exact) mass is 380 g/mol. The van der Waals surface area contributed by atoms with Crippen molar-refractivity contribution in [2.45, 2.75) is 0 Å². The van der Waals surface area contributed by atoms with E-state index in [9.17, 15) is 0 Å². The van der Waals surface area contributed by atoms with Gasteiger partial charge in [-0.1, -0.05) is 40.2 Å². The van der Waals surface area contributed by atoms with Gasteiger partial charge in [-0.15, -0.1) is 0 Å². The summed E-state index contributed by atoms with van der Waals surface area (Å²) in [6, 6.07) is 13.0. The average molecular weight is 381 g/mol. The number of benzene rings is 2. The number of nitrogens with one attached hydrogen (secondary N) is 1. The minimum Gasteiger partial charge on any atom is -0.473 e. The number of rotatable bonds is 1. The van der Waals surface area contributed by atoms with Gasteiger partial charge in [-0.3, -0.25) is 0 Å². The smallest absolute Gasteiger partial charge is 0.414 e. The lowest BCUT2D eigenvalue weighted by molar-refractivity contribution is -0.159. The third-order valence-corrected chi connectivity index (χ3v) is 4.18. The molecule has 0 aliphatic carbocycles. The molecule has 0 amide bonds. The maximum absolute atomic E-state index is 9.10. The van der Waals surface area contributed by atoms with Crippen LogP contribution in [0.5, 0.6) is 0 Å². The van der Waals surface area contributed by atoms with Crippen molar-refractivity contribution in [2.24, 2.45) is 0 Å². The summed E-state index contributed by atoms with van der Waals surface area (Å²) in [6.45, 7) is 4.33. The Bertz CT molecular complexity index is 702. The van der Waals surface area contributed by atoms with Gasteiger partial charge in [0.2, 0.25) is 0 Å². The molecule has 3 N–H and O–H groups in total. The van der Waals surface area contributed by atoms with E-state index in [0.717, 1.165) is 26.2 Å². The highest BCUT2D eigenvalue weighted by atomic mass is 79.9. The Morgan fingerprint density at radius 1 is 0.957 bits per heavy atom. The Hall–Kier alpha value is -2.12. The van der Waals surface area contributed by atoms with E-state index in [2.05, 4.69) is 62.5 Å². The predicted octanol–water partition coefficient (Wildman–Crippen LogP) is 2.17.